The molecule has 3 aromatic heterocycles. The van der Waals surface area contributed by atoms with Crippen molar-refractivity contribution in [1.82, 2.24) is 14.1 Å². The number of fused-ring (bicyclic) bond motifs is 2. The Morgan fingerprint density at radius 1 is 1.06 bits per heavy atom. The van der Waals surface area contributed by atoms with Crippen LogP contribution in [-0.4, -0.2) is 25.8 Å². The molecule has 3 heterocycles. The Morgan fingerprint density at radius 2 is 1.82 bits per heavy atom. The maximum absolute atomic E-state index is 13.4. The van der Waals surface area contributed by atoms with E-state index >= 15 is 0 Å². The third-order valence-electron chi connectivity index (χ3n) is 5.24. The van der Waals surface area contributed by atoms with Gasteiger partial charge in [0, 0.05) is 24.2 Å². The molecule has 0 aliphatic carbocycles. The van der Waals surface area contributed by atoms with Gasteiger partial charge in [0.25, 0.3) is 5.56 Å². The van der Waals surface area contributed by atoms with Crippen molar-refractivity contribution in [2.24, 2.45) is 0 Å². The number of nitrogens with one attached hydrogen (secondary N) is 1. The molecule has 0 atom stereocenters. The van der Waals surface area contributed by atoms with E-state index in [1.54, 1.807) is 12.1 Å². The highest BCUT2D eigenvalue weighted by Crippen LogP contribution is 2.34. The summed E-state index contributed by atoms with van der Waals surface area (Å²) in [6.07, 6.45) is 1.92. The topological polar surface area (TPSA) is 86.0 Å². The van der Waals surface area contributed by atoms with Crippen LogP contribution in [0.4, 0.5) is 5.82 Å². The molecular formula is C24H17ClN4O3S. The van der Waals surface area contributed by atoms with Gasteiger partial charge >= 0.3 is 0 Å². The Morgan fingerprint density at radius 3 is 2.52 bits per heavy atom. The molecule has 5 aromatic rings. The first kappa shape index (κ1) is 21.1. The molecule has 1 N–H and O–H groups in total. The molecule has 5 rings (SSSR count). The standard InChI is InChI=1S/C24H17ClN4O3S/c1-13(30)19-12-18-23(33-19)27-22(26-14(2)31)24(32)29(18)17-9-8-15-10-11-28(21(15)20(17)25)16-6-4-3-5-7-16/h3-12H,1-2H3,(H,26,27,31). The van der Waals surface area contributed by atoms with Crippen LogP contribution >= 0.6 is 22.9 Å². The molecule has 164 valence electrons. The number of carbonyl (C=O) groups excluding carboxylic acids is 2. The molecule has 7 nitrogen and oxygen atoms in total. The summed E-state index contributed by atoms with van der Waals surface area (Å²) in [6, 6.07) is 16.9. The number of ketones is 1. The summed E-state index contributed by atoms with van der Waals surface area (Å²) < 4.78 is 3.36. The second-order valence-electron chi connectivity index (χ2n) is 7.50. The van der Waals surface area contributed by atoms with E-state index in [0.717, 1.165) is 27.9 Å². The van der Waals surface area contributed by atoms with E-state index in [1.165, 1.54) is 18.4 Å². The monoisotopic (exact) mass is 476 g/mol. The van der Waals surface area contributed by atoms with Crippen LogP contribution in [0.25, 0.3) is 32.6 Å². The fourth-order valence-corrected chi connectivity index (χ4v) is 5.05. The number of aromatic nitrogens is 3. The molecule has 0 unspecified atom stereocenters. The fraction of sp³-hybridized carbons (Fsp3) is 0.0833. The number of Topliss-reactive ketones (excluding diaryl/α,β-unsaturated/α-hetero) is 1. The Balaban J connectivity index is 1.85. The molecule has 0 aliphatic heterocycles. The number of nitrogens with zero attached hydrogens (tertiary/aromatic N) is 3. The van der Waals surface area contributed by atoms with Crippen molar-refractivity contribution < 1.29 is 9.59 Å². The highest BCUT2D eigenvalue weighted by atomic mass is 35.5. The molecule has 0 bridgehead atoms. The minimum atomic E-state index is -0.537. The average Bonchev–Trinajstić information content (AvgIpc) is 3.40. The number of para-hydroxylation sites is 1. The van der Waals surface area contributed by atoms with Crippen molar-refractivity contribution in [1.29, 1.82) is 0 Å². The summed E-state index contributed by atoms with van der Waals surface area (Å²) >= 11 is 8.08. The van der Waals surface area contributed by atoms with Gasteiger partial charge in [-0.05, 0) is 37.3 Å². The lowest BCUT2D eigenvalue weighted by molar-refractivity contribution is -0.114. The highest BCUT2D eigenvalue weighted by molar-refractivity contribution is 7.20. The minimum Gasteiger partial charge on any atom is -0.315 e. The first-order chi connectivity index (χ1) is 15.8. The van der Waals surface area contributed by atoms with E-state index in [4.69, 9.17) is 11.6 Å². The van der Waals surface area contributed by atoms with Crippen LogP contribution in [0.1, 0.15) is 23.5 Å². The summed E-state index contributed by atoms with van der Waals surface area (Å²) in [6.45, 7) is 2.75. The molecule has 2 aromatic carbocycles. The zero-order valence-corrected chi connectivity index (χ0v) is 19.2. The fourth-order valence-electron chi connectivity index (χ4n) is 3.79. The number of anilines is 1. The smallest absolute Gasteiger partial charge is 0.298 e. The van der Waals surface area contributed by atoms with Crippen molar-refractivity contribution in [2.45, 2.75) is 13.8 Å². The van der Waals surface area contributed by atoms with Gasteiger partial charge < -0.3 is 9.88 Å². The second-order valence-corrected chi connectivity index (χ2v) is 8.91. The van der Waals surface area contributed by atoms with Crippen LogP contribution in [-0.2, 0) is 4.79 Å². The van der Waals surface area contributed by atoms with Gasteiger partial charge in [0.05, 0.1) is 26.6 Å². The van der Waals surface area contributed by atoms with Gasteiger partial charge in [-0.1, -0.05) is 35.9 Å². The quantitative estimate of drug-likeness (QED) is 0.361. The molecule has 0 saturated carbocycles. The number of carbonyl (C=O) groups is 2. The first-order valence-corrected chi connectivity index (χ1v) is 11.2. The van der Waals surface area contributed by atoms with Crippen LogP contribution < -0.4 is 10.9 Å². The lowest BCUT2D eigenvalue weighted by atomic mass is 10.2. The summed E-state index contributed by atoms with van der Waals surface area (Å²) in [5.74, 6) is -0.688. The van der Waals surface area contributed by atoms with Crippen molar-refractivity contribution in [3.8, 4) is 11.4 Å². The third-order valence-corrected chi connectivity index (χ3v) is 6.73. The van der Waals surface area contributed by atoms with Gasteiger partial charge in [0.1, 0.15) is 4.83 Å². The largest absolute Gasteiger partial charge is 0.315 e. The summed E-state index contributed by atoms with van der Waals surface area (Å²) in [5.41, 5.74) is 2.00. The van der Waals surface area contributed by atoms with E-state index in [2.05, 4.69) is 10.3 Å². The van der Waals surface area contributed by atoms with Crippen LogP contribution in [0.15, 0.2) is 65.6 Å². The number of halogens is 1. The number of hydrogen-bond donors (Lipinski definition) is 1. The van der Waals surface area contributed by atoms with E-state index in [-0.39, 0.29) is 11.6 Å². The SMILES string of the molecule is CC(=O)Nc1nc2sc(C(C)=O)cc2n(-c2ccc3ccn(-c4ccccc4)c3c2Cl)c1=O. The van der Waals surface area contributed by atoms with Gasteiger partial charge in [-0.3, -0.25) is 19.0 Å². The highest BCUT2D eigenvalue weighted by Gasteiger charge is 2.21. The van der Waals surface area contributed by atoms with Crippen LogP contribution in [0.5, 0.6) is 0 Å². The van der Waals surface area contributed by atoms with E-state index in [1.807, 2.05) is 53.2 Å². The van der Waals surface area contributed by atoms with Gasteiger partial charge in [0.2, 0.25) is 11.7 Å². The van der Waals surface area contributed by atoms with Gasteiger partial charge in [-0.25, -0.2) is 4.98 Å². The minimum absolute atomic E-state index is 0.124. The van der Waals surface area contributed by atoms with Gasteiger partial charge in [0.15, 0.2) is 5.78 Å². The van der Waals surface area contributed by atoms with Crippen molar-refractivity contribution >= 4 is 61.7 Å². The molecule has 1 amide bonds. The zero-order valence-electron chi connectivity index (χ0n) is 17.6. The lowest BCUT2D eigenvalue weighted by Gasteiger charge is -2.14. The maximum atomic E-state index is 13.4. The number of amides is 1. The molecule has 0 aliphatic rings. The van der Waals surface area contributed by atoms with Crippen molar-refractivity contribution in [3.05, 3.63) is 81.0 Å². The summed E-state index contributed by atoms with van der Waals surface area (Å²) in [7, 11) is 0. The van der Waals surface area contributed by atoms with Crippen LogP contribution in [0, 0.1) is 0 Å². The van der Waals surface area contributed by atoms with Gasteiger partial charge in [-0.2, -0.15) is 0 Å². The predicted octanol–water partition coefficient (Wildman–Crippen LogP) is 5.21. The van der Waals surface area contributed by atoms with Gasteiger partial charge in [-0.15, -0.1) is 11.3 Å². The van der Waals surface area contributed by atoms with E-state index < -0.39 is 11.5 Å². The summed E-state index contributed by atoms with van der Waals surface area (Å²) in [4.78, 5) is 42.3. The molecule has 33 heavy (non-hydrogen) atoms. The lowest BCUT2D eigenvalue weighted by Crippen LogP contribution is -2.25. The molecule has 0 radical (unpaired) electrons. The Kier molecular flexibility index (Phi) is 5.11. The second kappa shape index (κ2) is 7.99. The van der Waals surface area contributed by atoms with Crippen molar-refractivity contribution in [2.75, 3.05) is 5.32 Å². The zero-order chi connectivity index (χ0) is 23.3. The first-order valence-electron chi connectivity index (χ1n) is 10.1. The van der Waals surface area contributed by atoms with Crippen LogP contribution in [0.2, 0.25) is 5.02 Å². The predicted molar refractivity (Wildman–Crippen MR) is 131 cm³/mol. The number of rotatable bonds is 4. The van der Waals surface area contributed by atoms with Crippen LogP contribution in [0.3, 0.4) is 0 Å². The van der Waals surface area contributed by atoms with Crippen molar-refractivity contribution in [3.63, 3.8) is 0 Å². The van der Waals surface area contributed by atoms with E-state index in [0.29, 0.717) is 25.9 Å². The summed E-state index contributed by atoms with van der Waals surface area (Å²) in [5, 5.41) is 3.76. The molecule has 0 saturated heterocycles. The Hall–Kier alpha value is -3.75. The molecule has 9 heteroatoms. The van der Waals surface area contributed by atoms with E-state index in [9.17, 15) is 14.4 Å². The number of thiophene rings is 1. The molecule has 0 spiro atoms. The average molecular weight is 477 g/mol. The molecular weight excluding hydrogens is 460 g/mol. The molecule has 0 fully saturated rings. The maximum Gasteiger partial charge on any atom is 0.298 e. The normalized spacial score (nSPS) is 11.2. The Bertz CT molecular complexity index is 1630. The number of benzene rings is 2. The third kappa shape index (κ3) is 3.53. The number of hydrogen-bond acceptors (Lipinski definition) is 5. The Labute approximate surface area is 196 Å².